The second-order valence-corrected chi connectivity index (χ2v) is 8.61. The molecule has 1 fully saturated rings. The van der Waals surface area contributed by atoms with Crippen LogP contribution in [0.25, 0.3) is 10.4 Å². The number of H-pyrrole nitrogens is 1. The van der Waals surface area contributed by atoms with Crippen LogP contribution in [0.4, 0.5) is 14.5 Å². The molecule has 0 radical (unpaired) electrons. The summed E-state index contributed by atoms with van der Waals surface area (Å²) in [6, 6.07) is -0.339. The Morgan fingerprint density at radius 3 is 2.88 bits per heavy atom. The average Bonchev–Trinajstić information content (AvgIpc) is 2.98. The molecule has 0 aromatic carbocycles. The van der Waals surface area contributed by atoms with Gasteiger partial charge in [-0.15, -0.1) is 11.3 Å². The number of aromatic amines is 1. The Labute approximate surface area is 152 Å². The Hall–Kier alpha value is -2.00. The number of aliphatic hydroxyl groups is 1. The Bertz CT molecular complexity index is 876. The van der Waals surface area contributed by atoms with Crippen molar-refractivity contribution in [3.8, 4) is 10.4 Å². The van der Waals surface area contributed by atoms with Crippen LogP contribution in [0.2, 0.25) is 0 Å². The van der Waals surface area contributed by atoms with Crippen LogP contribution in [0.3, 0.4) is 0 Å². The molecule has 4 heterocycles. The number of nitrogens with zero attached hydrogens (tertiary/aromatic N) is 2. The molecule has 3 N–H and O–H groups in total. The summed E-state index contributed by atoms with van der Waals surface area (Å²) in [6.07, 6.45) is 4.67. The third-order valence-corrected chi connectivity index (χ3v) is 6.62. The Kier molecular flexibility index (Phi) is 3.28. The molecule has 6 nitrogen and oxygen atoms in total. The van der Waals surface area contributed by atoms with Crippen LogP contribution >= 0.6 is 11.3 Å². The molecule has 3 aliphatic rings. The maximum Gasteiger partial charge on any atom is 0.269 e. The zero-order valence-corrected chi connectivity index (χ0v) is 14.7. The molecule has 1 saturated carbocycles. The summed E-state index contributed by atoms with van der Waals surface area (Å²) >= 11 is 1.24. The standard InChI is InChI=1S/C17H18F2N4O2S/c18-17(19)4-11-12-14(26-13(11)9-5-20-21-6-9)15(24)22-10(7-23(12)8-17)3-16(25)1-2-16/h5-6,10,25H,1-4,7-8H2,(H,20,21)(H,22,24)/t10-/m1/s1. The lowest BCUT2D eigenvalue weighted by molar-refractivity contribution is 0.00521. The van der Waals surface area contributed by atoms with Gasteiger partial charge in [-0.2, -0.15) is 5.10 Å². The first-order valence-electron chi connectivity index (χ1n) is 8.64. The average molecular weight is 380 g/mol. The lowest BCUT2D eigenvalue weighted by atomic mass is 9.97. The summed E-state index contributed by atoms with van der Waals surface area (Å²) in [6.45, 7) is -0.121. The number of alkyl halides is 2. The molecule has 2 aromatic rings. The second-order valence-electron chi connectivity index (χ2n) is 7.59. The van der Waals surface area contributed by atoms with Crippen molar-refractivity contribution < 1.29 is 18.7 Å². The molecule has 2 aliphatic heterocycles. The number of hydrogen-bond donors (Lipinski definition) is 3. The van der Waals surface area contributed by atoms with Crippen molar-refractivity contribution in [2.24, 2.45) is 0 Å². The highest BCUT2D eigenvalue weighted by Crippen LogP contribution is 2.49. The van der Waals surface area contributed by atoms with Crippen LogP contribution in [-0.4, -0.2) is 51.9 Å². The molecule has 2 aromatic heterocycles. The van der Waals surface area contributed by atoms with Crippen molar-refractivity contribution in [2.75, 3.05) is 18.0 Å². The molecule has 1 amide bonds. The molecule has 0 unspecified atom stereocenters. The fourth-order valence-corrected chi connectivity index (χ4v) is 5.26. The van der Waals surface area contributed by atoms with Gasteiger partial charge in [-0.3, -0.25) is 9.89 Å². The molecule has 138 valence electrons. The molecule has 1 atom stereocenters. The molecular formula is C17H18F2N4O2S. The number of amides is 1. The molecular weight excluding hydrogens is 362 g/mol. The summed E-state index contributed by atoms with van der Waals surface area (Å²) in [7, 11) is 0. The molecule has 9 heteroatoms. The molecule has 26 heavy (non-hydrogen) atoms. The van der Waals surface area contributed by atoms with E-state index in [4.69, 9.17) is 0 Å². The minimum Gasteiger partial charge on any atom is -0.390 e. The minimum atomic E-state index is -2.86. The van der Waals surface area contributed by atoms with Gasteiger partial charge in [0.15, 0.2) is 0 Å². The lowest BCUT2D eigenvalue weighted by Crippen LogP contribution is -2.48. The Morgan fingerprint density at radius 1 is 1.38 bits per heavy atom. The fraction of sp³-hybridized carbons (Fsp3) is 0.529. The first kappa shape index (κ1) is 16.2. The van der Waals surface area contributed by atoms with E-state index in [1.54, 1.807) is 17.3 Å². The SMILES string of the molecule is O=C1N[C@H](CC2(O)CC2)CN2CC(F)(F)Cc3c(-c4cn[nH]c4)sc1c32. The van der Waals surface area contributed by atoms with E-state index in [0.29, 0.717) is 45.8 Å². The maximum absolute atomic E-state index is 14.5. The van der Waals surface area contributed by atoms with Crippen LogP contribution in [0, 0.1) is 0 Å². The van der Waals surface area contributed by atoms with Crippen molar-refractivity contribution >= 4 is 22.9 Å². The van der Waals surface area contributed by atoms with Crippen molar-refractivity contribution in [3.05, 3.63) is 22.8 Å². The Morgan fingerprint density at radius 2 is 2.19 bits per heavy atom. The number of carbonyl (C=O) groups excluding carboxylic acids is 1. The maximum atomic E-state index is 14.5. The normalized spacial score (nSPS) is 25.4. The predicted molar refractivity (Wildman–Crippen MR) is 92.8 cm³/mol. The van der Waals surface area contributed by atoms with Gasteiger partial charge in [0.25, 0.3) is 11.8 Å². The van der Waals surface area contributed by atoms with Gasteiger partial charge >= 0.3 is 0 Å². The third-order valence-electron chi connectivity index (χ3n) is 5.35. The number of hydrogen-bond acceptors (Lipinski definition) is 5. The number of nitrogens with one attached hydrogen (secondary N) is 2. The van der Waals surface area contributed by atoms with Crippen molar-refractivity contribution in [3.63, 3.8) is 0 Å². The van der Waals surface area contributed by atoms with Gasteiger partial charge in [0.1, 0.15) is 4.88 Å². The van der Waals surface area contributed by atoms with Crippen molar-refractivity contribution in [2.45, 2.75) is 43.2 Å². The zero-order valence-electron chi connectivity index (χ0n) is 13.9. The van der Waals surface area contributed by atoms with Gasteiger partial charge in [0.05, 0.1) is 24.0 Å². The van der Waals surface area contributed by atoms with E-state index in [9.17, 15) is 18.7 Å². The highest BCUT2D eigenvalue weighted by molar-refractivity contribution is 7.18. The third kappa shape index (κ3) is 2.61. The van der Waals surface area contributed by atoms with Crippen LogP contribution in [0.5, 0.6) is 0 Å². The minimum absolute atomic E-state index is 0.247. The topological polar surface area (TPSA) is 81.2 Å². The first-order valence-corrected chi connectivity index (χ1v) is 9.46. The van der Waals surface area contributed by atoms with E-state index in [-0.39, 0.29) is 24.9 Å². The van der Waals surface area contributed by atoms with E-state index in [2.05, 4.69) is 15.5 Å². The predicted octanol–water partition coefficient (Wildman–Crippen LogP) is 2.16. The monoisotopic (exact) mass is 380 g/mol. The van der Waals surface area contributed by atoms with Crippen LogP contribution in [-0.2, 0) is 6.42 Å². The smallest absolute Gasteiger partial charge is 0.269 e. The Balaban J connectivity index is 1.59. The molecule has 0 bridgehead atoms. The fourth-order valence-electron chi connectivity index (χ4n) is 4.03. The van der Waals surface area contributed by atoms with E-state index in [1.807, 2.05) is 0 Å². The van der Waals surface area contributed by atoms with Gasteiger partial charge in [-0.1, -0.05) is 0 Å². The van der Waals surface area contributed by atoms with E-state index < -0.39 is 18.1 Å². The largest absolute Gasteiger partial charge is 0.390 e. The van der Waals surface area contributed by atoms with Crippen molar-refractivity contribution in [1.29, 1.82) is 0 Å². The number of halogens is 2. The van der Waals surface area contributed by atoms with Crippen LogP contribution < -0.4 is 10.2 Å². The van der Waals surface area contributed by atoms with Crippen molar-refractivity contribution in [1.82, 2.24) is 15.5 Å². The summed E-state index contributed by atoms with van der Waals surface area (Å²) < 4.78 is 28.9. The van der Waals surface area contributed by atoms with Gasteiger partial charge < -0.3 is 15.3 Å². The van der Waals surface area contributed by atoms with Gasteiger partial charge in [0, 0.05) is 41.2 Å². The summed E-state index contributed by atoms with van der Waals surface area (Å²) in [5, 5.41) is 19.7. The quantitative estimate of drug-likeness (QED) is 0.762. The number of anilines is 1. The number of carbonyl (C=O) groups is 1. The van der Waals surface area contributed by atoms with E-state index in [1.165, 1.54) is 11.3 Å². The van der Waals surface area contributed by atoms with E-state index in [0.717, 1.165) is 0 Å². The molecule has 0 spiro atoms. The van der Waals surface area contributed by atoms with Crippen LogP contribution in [0.15, 0.2) is 12.4 Å². The first-order chi connectivity index (χ1) is 12.3. The molecule has 5 rings (SSSR count). The molecule has 0 saturated heterocycles. The summed E-state index contributed by atoms with van der Waals surface area (Å²) in [5.41, 5.74) is 1.11. The number of aromatic nitrogens is 2. The second kappa shape index (κ2) is 5.26. The lowest BCUT2D eigenvalue weighted by Gasteiger charge is -2.36. The summed E-state index contributed by atoms with van der Waals surface area (Å²) in [4.78, 5) is 15.6. The zero-order chi connectivity index (χ0) is 18.1. The van der Waals surface area contributed by atoms with Gasteiger partial charge in [-0.25, -0.2) is 8.78 Å². The number of thiophene rings is 1. The number of rotatable bonds is 3. The summed E-state index contributed by atoms with van der Waals surface area (Å²) in [5.74, 6) is -3.11. The van der Waals surface area contributed by atoms with Gasteiger partial charge in [0.2, 0.25) is 0 Å². The highest BCUT2D eigenvalue weighted by atomic mass is 32.1. The highest BCUT2D eigenvalue weighted by Gasteiger charge is 2.47. The van der Waals surface area contributed by atoms with Crippen LogP contribution in [0.1, 0.15) is 34.5 Å². The molecule has 1 aliphatic carbocycles. The van der Waals surface area contributed by atoms with Gasteiger partial charge in [-0.05, 0) is 19.3 Å². The van der Waals surface area contributed by atoms with E-state index >= 15 is 0 Å².